The molecule has 1 fully saturated rings. The maximum absolute atomic E-state index is 12.5. The molecule has 0 atom stereocenters. The highest BCUT2D eigenvalue weighted by atomic mass is 16.2. The van der Waals surface area contributed by atoms with Crippen LogP contribution in [0, 0.1) is 0 Å². The number of guanidine groups is 1. The minimum Gasteiger partial charge on any atom is -0.357 e. The number of piperazine rings is 1. The van der Waals surface area contributed by atoms with E-state index in [1.807, 2.05) is 32.6 Å². The molecule has 2 heterocycles. The minimum absolute atomic E-state index is 0.0318. The quantitative estimate of drug-likeness (QED) is 0.421. The van der Waals surface area contributed by atoms with Crippen LogP contribution in [0.3, 0.4) is 0 Å². The highest BCUT2D eigenvalue weighted by molar-refractivity contribution is 5.85. The maximum Gasteiger partial charge on any atom is 0.242 e. The summed E-state index contributed by atoms with van der Waals surface area (Å²) >= 11 is 0. The Bertz CT molecular complexity index is 709. The standard InChI is InChI=1S/C20H34N8O2/c1-5-21-18(25-15-16(29)26-20(2,3)4)22-10-7-17(30)27-11-13-28(14-12-27)19-23-8-6-9-24-19/h6,8-9H,5,7,10-15H2,1-4H3,(H,26,29)(H2,21,22,25). The lowest BCUT2D eigenvalue weighted by Gasteiger charge is -2.34. The third kappa shape index (κ3) is 8.22. The second-order valence-electron chi connectivity index (χ2n) is 8.09. The first-order valence-corrected chi connectivity index (χ1v) is 10.4. The smallest absolute Gasteiger partial charge is 0.242 e. The van der Waals surface area contributed by atoms with E-state index in [-0.39, 0.29) is 23.9 Å². The van der Waals surface area contributed by atoms with E-state index < -0.39 is 0 Å². The third-order valence-electron chi connectivity index (χ3n) is 4.34. The first kappa shape index (κ1) is 23.4. The highest BCUT2D eigenvalue weighted by Crippen LogP contribution is 2.10. The van der Waals surface area contributed by atoms with Crippen LogP contribution in [0.15, 0.2) is 23.5 Å². The normalized spacial score (nSPS) is 15.0. The van der Waals surface area contributed by atoms with Crippen molar-refractivity contribution in [2.24, 2.45) is 4.99 Å². The molecule has 1 aromatic heterocycles. The molecule has 1 aromatic rings. The Morgan fingerprint density at radius 3 is 2.37 bits per heavy atom. The largest absolute Gasteiger partial charge is 0.357 e. The summed E-state index contributed by atoms with van der Waals surface area (Å²) in [6, 6.07) is 1.79. The average Bonchev–Trinajstić information content (AvgIpc) is 2.71. The van der Waals surface area contributed by atoms with Crippen LogP contribution >= 0.6 is 0 Å². The van der Waals surface area contributed by atoms with Crippen LogP contribution in [0.4, 0.5) is 5.95 Å². The van der Waals surface area contributed by atoms with E-state index in [1.165, 1.54) is 0 Å². The topological polar surface area (TPSA) is 115 Å². The molecule has 10 heteroatoms. The van der Waals surface area contributed by atoms with E-state index in [1.54, 1.807) is 18.5 Å². The zero-order valence-electron chi connectivity index (χ0n) is 18.4. The van der Waals surface area contributed by atoms with Crippen LogP contribution < -0.4 is 20.9 Å². The van der Waals surface area contributed by atoms with Gasteiger partial charge in [0.15, 0.2) is 5.96 Å². The van der Waals surface area contributed by atoms with E-state index in [2.05, 4.69) is 35.8 Å². The van der Waals surface area contributed by atoms with Gasteiger partial charge in [0.2, 0.25) is 17.8 Å². The minimum atomic E-state index is -0.290. The fraction of sp³-hybridized carbons (Fsp3) is 0.650. The second kappa shape index (κ2) is 11.3. The Hall–Kier alpha value is -2.91. The first-order valence-electron chi connectivity index (χ1n) is 10.4. The van der Waals surface area contributed by atoms with Crippen molar-refractivity contribution in [3.05, 3.63) is 18.5 Å². The van der Waals surface area contributed by atoms with Crippen LogP contribution in [0.1, 0.15) is 34.1 Å². The number of hydrogen-bond donors (Lipinski definition) is 3. The Labute approximate surface area is 178 Å². The van der Waals surface area contributed by atoms with Crippen molar-refractivity contribution in [2.45, 2.75) is 39.7 Å². The Morgan fingerprint density at radius 1 is 1.10 bits per heavy atom. The predicted octanol–water partition coefficient (Wildman–Crippen LogP) is -0.0149. The van der Waals surface area contributed by atoms with Crippen LogP contribution in [-0.2, 0) is 9.59 Å². The van der Waals surface area contributed by atoms with Crippen LogP contribution in [-0.4, -0.2) is 84.0 Å². The van der Waals surface area contributed by atoms with Gasteiger partial charge in [-0.15, -0.1) is 0 Å². The average molecular weight is 419 g/mol. The molecule has 1 aliphatic rings. The van der Waals surface area contributed by atoms with Gasteiger partial charge >= 0.3 is 0 Å². The first-order chi connectivity index (χ1) is 14.3. The molecule has 0 saturated carbocycles. The number of rotatable bonds is 7. The van der Waals surface area contributed by atoms with Gasteiger partial charge in [-0.3, -0.25) is 9.59 Å². The summed E-state index contributed by atoms with van der Waals surface area (Å²) in [7, 11) is 0. The molecule has 0 radical (unpaired) electrons. The maximum atomic E-state index is 12.5. The molecule has 0 bridgehead atoms. The van der Waals surface area contributed by atoms with Crippen molar-refractivity contribution in [3.8, 4) is 0 Å². The highest BCUT2D eigenvalue weighted by Gasteiger charge is 2.22. The molecule has 0 aromatic carbocycles. The Balaban J connectivity index is 1.73. The third-order valence-corrected chi connectivity index (χ3v) is 4.34. The molecule has 2 amide bonds. The monoisotopic (exact) mass is 418 g/mol. The van der Waals surface area contributed by atoms with Gasteiger partial charge in [-0.1, -0.05) is 0 Å². The molecule has 30 heavy (non-hydrogen) atoms. The van der Waals surface area contributed by atoms with E-state index >= 15 is 0 Å². The SMILES string of the molecule is CCNC(=NCC(=O)NC(C)(C)C)NCCC(=O)N1CCN(c2ncccn2)CC1. The number of aliphatic imine (C=N–C) groups is 1. The Kier molecular flexibility index (Phi) is 8.82. The molecule has 166 valence electrons. The van der Waals surface area contributed by atoms with E-state index in [0.717, 1.165) is 13.1 Å². The molecule has 2 rings (SSSR count). The zero-order valence-corrected chi connectivity index (χ0v) is 18.4. The summed E-state index contributed by atoms with van der Waals surface area (Å²) in [6.45, 7) is 11.6. The van der Waals surface area contributed by atoms with Crippen molar-refractivity contribution < 1.29 is 9.59 Å². The number of hydrogen-bond acceptors (Lipinski definition) is 6. The van der Waals surface area contributed by atoms with Crippen LogP contribution in [0.2, 0.25) is 0 Å². The molecule has 1 aliphatic heterocycles. The van der Waals surface area contributed by atoms with Gasteiger partial charge in [-0.05, 0) is 33.8 Å². The van der Waals surface area contributed by atoms with Crippen LogP contribution in [0.5, 0.6) is 0 Å². The molecule has 0 unspecified atom stereocenters. The Morgan fingerprint density at radius 2 is 1.77 bits per heavy atom. The van der Waals surface area contributed by atoms with Gasteiger partial charge in [0.05, 0.1) is 0 Å². The fourth-order valence-corrected chi connectivity index (χ4v) is 3.01. The van der Waals surface area contributed by atoms with Crippen molar-refractivity contribution in [1.82, 2.24) is 30.8 Å². The van der Waals surface area contributed by atoms with Gasteiger partial charge < -0.3 is 25.8 Å². The van der Waals surface area contributed by atoms with Gasteiger partial charge in [0, 0.05) is 63.6 Å². The number of carbonyl (C=O) groups excluding carboxylic acids is 2. The number of nitrogens with one attached hydrogen (secondary N) is 3. The van der Waals surface area contributed by atoms with Crippen LogP contribution in [0.25, 0.3) is 0 Å². The molecule has 3 N–H and O–H groups in total. The molecule has 0 aliphatic carbocycles. The van der Waals surface area contributed by atoms with Crippen molar-refractivity contribution >= 4 is 23.7 Å². The summed E-state index contributed by atoms with van der Waals surface area (Å²) in [6.07, 6.45) is 3.81. The summed E-state index contributed by atoms with van der Waals surface area (Å²) in [5.74, 6) is 1.18. The zero-order chi connectivity index (χ0) is 22.0. The number of aromatic nitrogens is 2. The lowest BCUT2D eigenvalue weighted by atomic mass is 10.1. The number of amides is 2. The van der Waals surface area contributed by atoms with Gasteiger partial charge in [-0.25, -0.2) is 15.0 Å². The van der Waals surface area contributed by atoms with Gasteiger partial charge in [0.25, 0.3) is 0 Å². The number of anilines is 1. The molecule has 1 saturated heterocycles. The summed E-state index contributed by atoms with van der Waals surface area (Å²) in [5.41, 5.74) is -0.290. The number of carbonyl (C=O) groups is 2. The van der Waals surface area contributed by atoms with E-state index in [9.17, 15) is 9.59 Å². The molecular weight excluding hydrogens is 384 g/mol. The lowest BCUT2D eigenvalue weighted by Crippen LogP contribution is -2.50. The van der Waals surface area contributed by atoms with Gasteiger partial charge in [0.1, 0.15) is 6.54 Å². The molecular formula is C20H34N8O2. The summed E-state index contributed by atoms with van der Waals surface area (Å²) in [5, 5.41) is 9.09. The lowest BCUT2D eigenvalue weighted by molar-refractivity contribution is -0.131. The second-order valence-corrected chi connectivity index (χ2v) is 8.09. The number of nitrogens with zero attached hydrogens (tertiary/aromatic N) is 5. The summed E-state index contributed by atoms with van der Waals surface area (Å²) < 4.78 is 0. The predicted molar refractivity (Wildman–Crippen MR) is 117 cm³/mol. The van der Waals surface area contributed by atoms with E-state index in [4.69, 9.17) is 0 Å². The van der Waals surface area contributed by atoms with Crippen molar-refractivity contribution in [2.75, 3.05) is 50.7 Å². The molecule has 10 nitrogen and oxygen atoms in total. The molecule has 0 spiro atoms. The van der Waals surface area contributed by atoms with Crippen molar-refractivity contribution in [3.63, 3.8) is 0 Å². The van der Waals surface area contributed by atoms with Gasteiger partial charge in [-0.2, -0.15) is 0 Å². The summed E-state index contributed by atoms with van der Waals surface area (Å²) in [4.78, 5) is 41.2. The fourth-order valence-electron chi connectivity index (χ4n) is 3.01. The van der Waals surface area contributed by atoms with E-state index in [0.29, 0.717) is 44.5 Å². The van der Waals surface area contributed by atoms with Crippen molar-refractivity contribution in [1.29, 1.82) is 0 Å².